The summed E-state index contributed by atoms with van der Waals surface area (Å²) in [6, 6.07) is 0. The van der Waals surface area contributed by atoms with Crippen molar-refractivity contribution < 1.29 is 13.2 Å². The molecule has 0 aliphatic rings. The van der Waals surface area contributed by atoms with Gasteiger partial charge in [0.25, 0.3) is 0 Å². The summed E-state index contributed by atoms with van der Waals surface area (Å²) in [5.41, 5.74) is -1.10. The van der Waals surface area contributed by atoms with E-state index >= 15 is 0 Å². The first-order chi connectivity index (χ1) is 5.41. The van der Waals surface area contributed by atoms with Crippen LogP contribution < -0.4 is 0 Å². The second kappa shape index (κ2) is 3.18. The molecule has 2 nitrogen and oxygen atoms in total. The molecular weight excluding hydrogens is 260 g/mol. The van der Waals surface area contributed by atoms with Crippen LogP contribution in [0.25, 0.3) is 0 Å². The van der Waals surface area contributed by atoms with Gasteiger partial charge in [0.2, 0.25) is 0 Å². The molecule has 0 aliphatic carbocycles. The third kappa shape index (κ3) is 2.07. The van der Waals surface area contributed by atoms with Crippen molar-refractivity contribution in [2.24, 2.45) is 0 Å². The molecule has 1 heterocycles. The summed E-state index contributed by atoms with van der Waals surface area (Å²) >= 11 is 8.12. The van der Waals surface area contributed by atoms with Gasteiger partial charge in [-0.05, 0) is 15.9 Å². The highest BCUT2D eigenvalue weighted by atomic mass is 79.9. The van der Waals surface area contributed by atoms with E-state index in [2.05, 4.69) is 25.9 Å². The van der Waals surface area contributed by atoms with Gasteiger partial charge >= 0.3 is 6.18 Å². The Kier molecular flexibility index (Phi) is 2.58. The standard InChI is InChI=1S/C5HBrClF3N2/c6-3-4(7)12-2(1-11-3)5(8,9)10/h1H. The molecule has 0 spiro atoms. The molecule has 0 bridgehead atoms. The maximum atomic E-state index is 11.9. The molecule has 0 aromatic carbocycles. The van der Waals surface area contributed by atoms with Crippen molar-refractivity contribution in [2.75, 3.05) is 0 Å². The molecule has 0 amide bonds. The molecule has 0 N–H and O–H groups in total. The van der Waals surface area contributed by atoms with E-state index in [0.717, 1.165) is 0 Å². The minimum Gasteiger partial charge on any atom is -0.244 e. The zero-order valence-electron chi connectivity index (χ0n) is 5.36. The summed E-state index contributed by atoms with van der Waals surface area (Å²) < 4.78 is 35.9. The van der Waals surface area contributed by atoms with E-state index in [4.69, 9.17) is 11.6 Å². The lowest BCUT2D eigenvalue weighted by atomic mass is 10.4. The highest BCUT2D eigenvalue weighted by Gasteiger charge is 2.33. The lowest BCUT2D eigenvalue weighted by molar-refractivity contribution is -0.141. The number of aromatic nitrogens is 2. The minimum atomic E-state index is -4.50. The molecule has 0 saturated carbocycles. The van der Waals surface area contributed by atoms with Crippen LogP contribution in [0.4, 0.5) is 13.2 Å². The van der Waals surface area contributed by atoms with Crippen LogP contribution in [-0.2, 0) is 6.18 Å². The van der Waals surface area contributed by atoms with Crippen molar-refractivity contribution >= 4 is 27.5 Å². The van der Waals surface area contributed by atoms with Gasteiger partial charge in [-0.3, -0.25) is 0 Å². The molecule has 1 aromatic rings. The van der Waals surface area contributed by atoms with E-state index in [-0.39, 0.29) is 9.76 Å². The number of nitrogens with zero attached hydrogens (tertiary/aromatic N) is 2. The normalized spacial score (nSPS) is 11.8. The van der Waals surface area contributed by atoms with Crippen LogP contribution in [0.2, 0.25) is 5.15 Å². The summed E-state index contributed by atoms with van der Waals surface area (Å²) in [4.78, 5) is 6.42. The number of hydrogen-bond acceptors (Lipinski definition) is 2. The Morgan fingerprint density at radius 2 is 2.00 bits per heavy atom. The average molecular weight is 261 g/mol. The first-order valence-corrected chi connectivity index (χ1v) is 3.83. The molecule has 1 aromatic heterocycles. The third-order valence-corrected chi connectivity index (χ3v) is 2.05. The van der Waals surface area contributed by atoms with Crippen molar-refractivity contribution in [1.29, 1.82) is 0 Å². The van der Waals surface area contributed by atoms with Crippen LogP contribution in [0.5, 0.6) is 0 Å². The van der Waals surface area contributed by atoms with Gasteiger partial charge in [0.1, 0.15) is 4.60 Å². The maximum absolute atomic E-state index is 11.9. The van der Waals surface area contributed by atoms with E-state index in [0.29, 0.717) is 6.20 Å². The molecule has 12 heavy (non-hydrogen) atoms. The fourth-order valence-corrected chi connectivity index (χ4v) is 0.819. The molecule has 0 atom stereocenters. The minimum absolute atomic E-state index is 0.0946. The van der Waals surface area contributed by atoms with E-state index in [1.807, 2.05) is 0 Å². The van der Waals surface area contributed by atoms with Crippen LogP contribution in [-0.4, -0.2) is 9.97 Å². The van der Waals surface area contributed by atoms with Gasteiger partial charge in [-0.25, -0.2) is 9.97 Å². The predicted octanol–water partition coefficient (Wildman–Crippen LogP) is 2.91. The van der Waals surface area contributed by atoms with Gasteiger partial charge in [-0.2, -0.15) is 13.2 Å². The predicted molar refractivity (Wildman–Crippen MR) is 39.7 cm³/mol. The Morgan fingerprint density at radius 3 is 2.42 bits per heavy atom. The summed E-state index contributed by atoms with van der Waals surface area (Å²) in [6.45, 7) is 0. The number of alkyl halides is 3. The molecular formula is C5HBrClF3N2. The van der Waals surface area contributed by atoms with E-state index in [1.165, 1.54) is 0 Å². The Bertz CT molecular complexity index is 301. The first-order valence-electron chi connectivity index (χ1n) is 2.66. The summed E-state index contributed by atoms with van der Waals surface area (Å²) in [6.07, 6.45) is -3.90. The molecule has 0 saturated heterocycles. The van der Waals surface area contributed by atoms with Crippen LogP contribution in [0, 0.1) is 0 Å². The van der Waals surface area contributed by atoms with Crippen LogP contribution in [0.15, 0.2) is 10.8 Å². The quantitative estimate of drug-likeness (QED) is 0.717. The monoisotopic (exact) mass is 260 g/mol. The summed E-state index contributed by atoms with van der Waals surface area (Å²) in [5, 5.41) is -0.301. The molecule has 0 aliphatic heterocycles. The number of hydrogen-bond donors (Lipinski definition) is 0. The second-order valence-electron chi connectivity index (χ2n) is 1.83. The van der Waals surface area contributed by atoms with Gasteiger partial charge in [0.15, 0.2) is 10.8 Å². The van der Waals surface area contributed by atoms with Crippen LogP contribution in [0.1, 0.15) is 5.69 Å². The fraction of sp³-hybridized carbons (Fsp3) is 0.200. The Labute approximate surface area is 78.9 Å². The molecule has 0 fully saturated rings. The number of halogens is 5. The topological polar surface area (TPSA) is 25.8 Å². The van der Waals surface area contributed by atoms with Crippen molar-refractivity contribution in [2.45, 2.75) is 6.18 Å². The zero-order chi connectivity index (χ0) is 9.35. The summed E-state index contributed by atoms with van der Waals surface area (Å²) in [7, 11) is 0. The van der Waals surface area contributed by atoms with E-state index in [9.17, 15) is 13.2 Å². The van der Waals surface area contributed by atoms with Crippen LogP contribution >= 0.6 is 27.5 Å². The Morgan fingerprint density at radius 1 is 1.42 bits per heavy atom. The highest BCUT2D eigenvalue weighted by Crippen LogP contribution is 2.29. The van der Waals surface area contributed by atoms with Gasteiger partial charge in [0, 0.05) is 0 Å². The summed E-state index contributed by atoms with van der Waals surface area (Å²) in [5.74, 6) is 0. The van der Waals surface area contributed by atoms with Gasteiger partial charge in [-0.1, -0.05) is 11.6 Å². The average Bonchev–Trinajstić information content (AvgIpc) is 1.92. The Balaban J connectivity index is 3.14. The lowest BCUT2D eigenvalue weighted by Gasteiger charge is -2.04. The Hall–Kier alpha value is -0.360. The van der Waals surface area contributed by atoms with Crippen LogP contribution in [0.3, 0.4) is 0 Å². The molecule has 0 radical (unpaired) electrons. The SMILES string of the molecule is FC(F)(F)c1cnc(Br)c(Cl)n1. The van der Waals surface area contributed by atoms with Crippen molar-refractivity contribution in [3.05, 3.63) is 21.6 Å². The highest BCUT2D eigenvalue weighted by molar-refractivity contribution is 9.10. The molecule has 0 unspecified atom stereocenters. The number of rotatable bonds is 0. The van der Waals surface area contributed by atoms with E-state index < -0.39 is 11.9 Å². The van der Waals surface area contributed by atoms with Crippen molar-refractivity contribution in [3.63, 3.8) is 0 Å². The molecule has 1 rings (SSSR count). The largest absolute Gasteiger partial charge is 0.434 e. The van der Waals surface area contributed by atoms with Crippen molar-refractivity contribution in [3.8, 4) is 0 Å². The molecule has 7 heteroatoms. The lowest BCUT2D eigenvalue weighted by Crippen LogP contribution is -2.08. The zero-order valence-corrected chi connectivity index (χ0v) is 7.70. The van der Waals surface area contributed by atoms with Gasteiger partial charge in [-0.15, -0.1) is 0 Å². The van der Waals surface area contributed by atoms with Gasteiger partial charge in [0.05, 0.1) is 6.20 Å². The van der Waals surface area contributed by atoms with Gasteiger partial charge < -0.3 is 0 Å². The van der Waals surface area contributed by atoms with Crippen molar-refractivity contribution in [1.82, 2.24) is 9.97 Å². The fourth-order valence-electron chi connectivity index (χ4n) is 0.488. The van der Waals surface area contributed by atoms with E-state index in [1.54, 1.807) is 0 Å². The smallest absolute Gasteiger partial charge is 0.244 e. The maximum Gasteiger partial charge on any atom is 0.434 e. The first kappa shape index (κ1) is 9.73. The molecule has 66 valence electrons. The third-order valence-electron chi connectivity index (χ3n) is 0.979. The second-order valence-corrected chi connectivity index (χ2v) is 2.94.